The first kappa shape index (κ1) is 13.0. The van der Waals surface area contributed by atoms with Crippen molar-refractivity contribution in [1.82, 2.24) is 10.2 Å². The molecule has 2 aromatic heterocycles. The van der Waals surface area contributed by atoms with Crippen molar-refractivity contribution in [2.75, 3.05) is 0 Å². The van der Waals surface area contributed by atoms with Gasteiger partial charge in [0.05, 0.1) is 11.9 Å². The summed E-state index contributed by atoms with van der Waals surface area (Å²) in [5.41, 5.74) is 3.08. The Kier molecular flexibility index (Phi) is 3.38. The third-order valence-electron chi connectivity index (χ3n) is 3.29. The molecule has 102 valence electrons. The van der Waals surface area contributed by atoms with Crippen molar-refractivity contribution < 1.29 is 9.50 Å². The van der Waals surface area contributed by atoms with E-state index in [1.54, 1.807) is 29.7 Å². The number of nitrogens with zero attached hydrogens (tertiary/aromatic N) is 1. The van der Waals surface area contributed by atoms with Gasteiger partial charge in [0.15, 0.2) is 0 Å². The molecule has 0 radical (unpaired) electrons. The maximum atomic E-state index is 13.0. The highest BCUT2D eigenvalue weighted by Crippen LogP contribution is 2.33. The summed E-state index contributed by atoms with van der Waals surface area (Å²) in [6.07, 6.45) is 0.876. The zero-order valence-electron chi connectivity index (χ0n) is 10.8. The van der Waals surface area contributed by atoms with Crippen molar-refractivity contribution >= 4 is 11.3 Å². The normalized spacial score (nSPS) is 12.6. The molecule has 0 amide bonds. The lowest BCUT2D eigenvalue weighted by atomic mass is 9.99. The Hall–Kier alpha value is -1.98. The monoisotopic (exact) mass is 288 g/mol. The van der Waals surface area contributed by atoms with Crippen LogP contribution in [-0.4, -0.2) is 15.3 Å². The zero-order chi connectivity index (χ0) is 14.1. The van der Waals surface area contributed by atoms with E-state index < -0.39 is 6.10 Å². The number of hydrogen-bond donors (Lipinski definition) is 2. The van der Waals surface area contributed by atoms with Crippen LogP contribution in [-0.2, 0) is 0 Å². The van der Waals surface area contributed by atoms with Crippen molar-refractivity contribution in [3.8, 4) is 11.3 Å². The molecule has 0 aliphatic carbocycles. The van der Waals surface area contributed by atoms with Crippen LogP contribution < -0.4 is 0 Å². The molecule has 20 heavy (non-hydrogen) atoms. The van der Waals surface area contributed by atoms with E-state index in [4.69, 9.17) is 0 Å². The summed E-state index contributed by atoms with van der Waals surface area (Å²) in [7, 11) is 0. The molecule has 0 saturated heterocycles. The van der Waals surface area contributed by atoms with Gasteiger partial charge in [0.1, 0.15) is 11.9 Å². The van der Waals surface area contributed by atoms with Gasteiger partial charge in [-0.15, -0.1) is 11.3 Å². The van der Waals surface area contributed by atoms with Crippen molar-refractivity contribution in [3.05, 3.63) is 63.7 Å². The Bertz CT molecular complexity index is 718. The Labute approximate surface area is 119 Å². The van der Waals surface area contributed by atoms with Gasteiger partial charge < -0.3 is 5.11 Å². The smallest absolute Gasteiger partial charge is 0.123 e. The molecule has 3 rings (SSSR count). The van der Waals surface area contributed by atoms with Crippen LogP contribution in [0.1, 0.15) is 22.1 Å². The predicted octanol–water partition coefficient (Wildman–Crippen LogP) is 3.67. The fourth-order valence-electron chi connectivity index (χ4n) is 2.20. The third-order valence-corrected chi connectivity index (χ3v) is 4.15. The molecule has 0 bridgehead atoms. The first-order chi connectivity index (χ1) is 9.66. The lowest BCUT2D eigenvalue weighted by molar-refractivity contribution is 0.221. The van der Waals surface area contributed by atoms with Crippen LogP contribution >= 0.6 is 11.3 Å². The fourth-order valence-corrected chi connectivity index (χ4v) is 2.93. The van der Waals surface area contributed by atoms with Gasteiger partial charge >= 0.3 is 0 Å². The molecular formula is C15H13FN2OS. The molecule has 1 aromatic carbocycles. The average Bonchev–Trinajstić information content (AvgIpc) is 3.07. The lowest BCUT2D eigenvalue weighted by Crippen LogP contribution is -2.00. The van der Waals surface area contributed by atoms with Crippen LogP contribution in [0.5, 0.6) is 0 Å². The molecule has 3 aromatic rings. The maximum Gasteiger partial charge on any atom is 0.123 e. The molecule has 1 atom stereocenters. The summed E-state index contributed by atoms with van der Waals surface area (Å²) in [6.45, 7) is 1.97. The molecule has 0 aliphatic rings. The van der Waals surface area contributed by atoms with Crippen molar-refractivity contribution in [2.24, 2.45) is 0 Å². The van der Waals surface area contributed by atoms with E-state index in [2.05, 4.69) is 10.2 Å². The van der Waals surface area contributed by atoms with E-state index in [1.807, 2.05) is 18.4 Å². The largest absolute Gasteiger partial charge is 0.383 e. The van der Waals surface area contributed by atoms with Gasteiger partial charge in [0, 0.05) is 16.0 Å². The molecule has 0 fully saturated rings. The van der Waals surface area contributed by atoms with Crippen LogP contribution in [0.4, 0.5) is 4.39 Å². The Morgan fingerprint density at radius 1 is 1.20 bits per heavy atom. The zero-order valence-corrected chi connectivity index (χ0v) is 11.6. The van der Waals surface area contributed by atoms with E-state index in [9.17, 15) is 9.50 Å². The van der Waals surface area contributed by atoms with E-state index in [-0.39, 0.29) is 5.82 Å². The number of nitrogens with one attached hydrogen (secondary N) is 1. The minimum Gasteiger partial charge on any atom is -0.383 e. The van der Waals surface area contributed by atoms with Crippen molar-refractivity contribution in [2.45, 2.75) is 13.0 Å². The van der Waals surface area contributed by atoms with E-state index in [1.165, 1.54) is 12.1 Å². The first-order valence-corrected chi connectivity index (χ1v) is 7.06. The second-order valence-corrected chi connectivity index (χ2v) is 5.66. The van der Waals surface area contributed by atoms with Gasteiger partial charge in [-0.25, -0.2) is 4.39 Å². The lowest BCUT2D eigenvalue weighted by Gasteiger charge is -2.11. The topological polar surface area (TPSA) is 48.9 Å². The number of aromatic amines is 1. The number of aromatic nitrogens is 2. The second kappa shape index (κ2) is 5.19. The predicted molar refractivity (Wildman–Crippen MR) is 77.1 cm³/mol. The number of thiophene rings is 1. The quantitative estimate of drug-likeness (QED) is 0.772. The van der Waals surface area contributed by atoms with Crippen LogP contribution in [0, 0.1) is 12.7 Å². The van der Waals surface area contributed by atoms with Gasteiger partial charge in [-0.2, -0.15) is 5.10 Å². The number of aliphatic hydroxyl groups is 1. The molecule has 0 spiro atoms. The fraction of sp³-hybridized carbons (Fsp3) is 0.133. The summed E-state index contributed by atoms with van der Waals surface area (Å²) in [5, 5.41) is 19.4. The molecular weight excluding hydrogens is 275 g/mol. The van der Waals surface area contributed by atoms with Crippen LogP contribution in [0.2, 0.25) is 0 Å². The van der Waals surface area contributed by atoms with Gasteiger partial charge in [-0.3, -0.25) is 5.10 Å². The summed E-state index contributed by atoms with van der Waals surface area (Å²) < 4.78 is 13.0. The Morgan fingerprint density at radius 2 is 1.95 bits per heavy atom. The molecule has 2 heterocycles. The standard InChI is InChI=1S/C15H13FN2OS/c1-9-12(6-7-20-9)15(19)13-8-17-18-14(13)10-2-4-11(16)5-3-10/h2-8,15,19H,1H3,(H,17,18). The summed E-state index contributed by atoms with van der Waals surface area (Å²) in [4.78, 5) is 1.07. The number of aryl methyl sites for hydroxylation is 1. The molecule has 3 nitrogen and oxygen atoms in total. The molecule has 5 heteroatoms. The molecule has 0 saturated carbocycles. The van der Waals surface area contributed by atoms with Crippen molar-refractivity contribution in [3.63, 3.8) is 0 Å². The van der Waals surface area contributed by atoms with Crippen molar-refractivity contribution in [1.29, 1.82) is 0 Å². The Morgan fingerprint density at radius 3 is 2.60 bits per heavy atom. The van der Waals surface area contributed by atoms with Gasteiger partial charge in [-0.1, -0.05) is 0 Å². The summed E-state index contributed by atoms with van der Waals surface area (Å²) in [5.74, 6) is -0.288. The number of hydrogen-bond acceptors (Lipinski definition) is 3. The minimum absolute atomic E-state index is 0.288. The number of H-pyrrole nitrogens is 1. The van der Waals surface area contributed by atoms with Gasteiger partial charge in [-0.05, 0) is 48.2 Å². The number of halogens is 1. The average molecular weight is 288 g/mol. The van der Waals surface area contributed by atoms with Crippen LogP contribution in [0.15, 0.2) is 41.9 Å². The highest BCUT2D eigenvalue weighted by molar-refractivity contribution is 7.10. The minimum atomic E-state index is -0.736. The third kappa shape index (κ3) is 2.26. The van der Waals surface area contributed by atoms with Gasteiger partial charge in [0.2, 0.25) is 0 Å². The molecule has 1 unspecified atom stereocenters. The van der Waals surface area contributed by atoms with E-state index in [0.29, 0.717) is 11.3 Å². The SMILES string of the molecule is Cc1sccc1C(O)c1cn[nH]c1-c1ccc(F)cc1. The Balaban J connectivity index is 2.02. The maximum absolute atomic E-state index is 13.0. The van der Waals surface area contributed by atoms with E-state index >= 15 is 0 Å². The molecule has 0 aliphatic heterocycles. The summed E-state index contributed by atoms with van der Waals surface area (Å²) in [6, 6.07) is 8.02. The van der Waals surface area contributed by atoms with Gasteiger partial charge in [0.25, 0.3) is 0 Å². The highest BCUT2D eigenvalue weighted by Gasteiger charge is 2.19. The van der Waals surface area contributed by atoms with E-state index in [0.717, 1.165) is 16.0 Å². The number of rotatable bonds is 3. The number of benzene rings is 1. The second-order valence-electron chi connectivity index (χ2n) is 4.54. The first-order valence-electron chi connectivity index (χ1n) is 6.18. The number of aliphatic hydroxyl groups excluding tert-OH is 1. The van der Waals surface area contributed by atoms with Crippen LogP contribution in [0.25, 0.3) is 11.3 Å². The van der Waals surface area contributed by atoms with Crippen LogP contribution in [0.3, 0.4) is 0 Å². The highest BCUT2D eigenvalue weighted by atomic mass is 32.1. The summed E-state index contributed by atoms with van der Waals surface area (Å²) >= 11 is 1.59. The molecule has 2 N–H and O–H groups in total.